The van der Waals surface area contributed by atoms with Crippen LogP contribution in [-0.2, 0) is 10.0 Å². The van der Waals surface area contributed by atoms with E-state index in [0.717, 1.165) is 22.9 Å². The number of nitrogens with one attached hydrogen (secondary N) is 1. The van der Waals surface area contributed by atoms with E-state index in [9.17, 15) is 13.2 Å². The predicted octanol–water partition coefficient (Wildman–Crippen LogP) is 4.45. The molecule has 1 fully saturated rings. The lowest BCUT2D eigenvalue weighted by Crippen LogP contribution is -2.28. The molecule has 26 heavy (non-hydrogen) atoms. The third-order valence-corrected chi connectivity index (χ3v) is 7.04. The van der Waals surface area contributed by atoms with Crippen LogP contribution in [0.2, 0.25) is 5.02 Å². The maximum Gasteiger partial charge on any atom is 0.257 e. The van der Waals surface area contributed by atoms with Gasteiger partial charge in [0.15, 0.2) is 0 Å². The molecule has 1 N–H and O–H groups in total. The van der Waals surface area contributed by atoms with Crippen LogP contribution < -0.4 is 5.32 Å². The van der Waals surface area contributed by atoms with Gasteiger partial charge in [0, 0.05) is 23.2 Å². The van der Waals surface area contributed by atoms with Gasteiger partial charge in [0.1, 0.15) is 0 Å². The van der Waals surface area contributed by atoms with Crippen molar-refractivity contribution in [2.75, 3.05) is 18.4 Å². The molecule has 1 amide bonds. The van der Waals surface area contributed by atoms with E-state index in [4.69, 9.17) is 11.6 Å². The number of carbonyl (C=O) groups excluding carboxylic acids is 1. The van der Waals surface area contributed by atoms with E-state index in [-0.39, 0.29) is 15.5 Å². The molecule has 0 unspecified atom stereocenters. The number of sulfonamides is 1. The van der Waals surface area contributed by atoms with Gasteiger partial charge in [-0.1, -0.05) is 27.5 Å². The summed E-state index contributed by atoms with van der Waals surface area (Å²) in [6.07, 6.45) is 1.70. The van der Waals surface area contributed by atoms with Gasteiger partial charge in [-0.15, -0.1) is 0 Å². The molecule has 0 atom stereocenters. The summed E-state index contributed by atoms with van der Waals surface area (Å²) in [7, 11) is -3.61. The van der Waals surface area contributed by atoms with Crippen molar-refractivity contribution in [1.82, 2.24) is 4.31 Å². The summed E-state index contributed by atoms with van der Waals surface area (Å²) in [4.78, 5) is 12.7. The minimum absolute atomic E-state index is 0.0847. The molecule has 0 aromatic heterocycles. The SMILES string of the molecule is Cc1cc(Br)ccc1NC(=O)c1cc(S(=O)(=O)N2CCCC2)ccc1Cl. The highest BCUT2D eigenvalue weighted by Gasteiger charge is 2.28. The van der Waals surface area contributed by atoms with Crippen LogP contribution in [-0.4, -0.2) is 31.7 Å². The minimum Gasteiger partial charge on any atom is -0.322 e. The first-order valence-corrected chi connectivity index (χ1v) is 10.8. The van der Waals surface area contributed by atoms with E-state index in [1.807, 2.05) is 19.1 Å². The van der Waals surface area contributed by atoms with Crippen LogP contribution in [0.5, 0.6) is 0 Å². The molecule has 0 spiro atoms. The number of anilines is 1. The molecule has 8 heteroatoms. The molecule has 1 saturated heterocycles. The van der Waals surface area contributed by atoms with Crippen LogP contribution in [0.3, 0.4) is 0 Å². The monoisotopic (exact) mass is 456 g/mol. The number of benzene rings is 2. The summed E-state index contributed by atoms with van der Waals surface area (Å²) in [5.41, 5.74) is 1.65. The maximum atomic E-state index is 12.7. The molecule has 3 rings (SSSR count). The van der Waals surface area contributed by atoms with Crippen molar-refractivity contribution < 1.29 is 13.2 Å². The number of hydrogen-bond acceptors (Lipinski definition) is 3. The van der Waals surface area contributed by atoms with Crippen molar-refractivity contribution in [2.45, 2.75) is 24.7 Å². The predicted molar refractivity (Wildman–Crippen MR) is 106 cm³/mol. The Morgan fingerprint density at radius 1 is 1.15 bits per heavy atom. The van der Waals surface area contributed by atoms with Gasteiger partial charge in [-0.2, -0.15) is 4.31 Å². The van der Waals surface area contributed by atoms with Crippen LogP contribution in [0, 0.1) is 6.92 Å². The Kier molecular flexibility index (Phi) is 5.72. The molecule has 0 bridgehead atoms. The van der Waals surface area contributed by atoms with Crippen LogP contribution in [0.1, 0.15) is 28.8 Å². The zero-order chi connectivity index (χ0) is 18.9. The van der Waals surface area contributed by atoms with E-state index in [1.54, 1.807) is 6.07 Å². The number of hydrogen-bond donors (Lipinski definition) is 1. The molecule has 2 aromatic rings. The first-order chi connectivity index (χ1) is 12.3. The topological polar surface area (TPSA) is 66.5 Å². The van der Waals surface area contributed by atoms with Crippen LogP contribution in [0.15, 0.2) is 45.8 Å². The summed E-state index contributed by atoms with van der Waals surface area (Å²) in [5.74, 6) is -0.445. The molecule has 0 saturated carbocycles. The zero-order valence-corrected chi connectivity index (χ0v) is 17.3. The van der Waals surface area contributed by atoms with E-state index in [1.165, 1.54) is 22.5 Å². The van der Waals surface area contributed by atoms with Crippen molar-refractivity contribution in [3.8, 4) is 0 Å². The first kappa shape index (κ1) is 19.4. The van der Waals surface area contributed by atoms with Crippen LogP contribution in [0.25, 0.3) is 0 Å². The van der Waals surface area contributed by atoms with Crippen molar-refractivity contribution >= 4 is 49.1 Å². The van der Waals surface area contributed by atoms with Crippen molar-refractivity contribution in [1.29, 1.82) is 0 Å². The van der Waals surface area contributed by atoms with Crippen LogP contribution in [0.4, 0.5) is 5.69 Å². The Balaban J connectivity index is 1.91. The highest BCUT2D eigenvalue weighted by molar-refractivity contribution is 9.10. The van der Waals surface area contributed by atoms with E-state index >= 15 is 0 Å². The van der Waals surface area contributed by atoms with Gasteiger partial charge >= 0.3 is 0 Å². The van der Waals surface area contributed by atoms with Crippen molar-refractivity contribution in [3.63, 3.8) is 0 Å². The Bertz CT molecular complexity index is 957. The van der Waals surface area contributed by atoms with Gasteiger partial charge in [0.25, 0.3) is 5.91 Å². The van der Waals surface area contributed by atoms with Gasteiger partial charge in [0.05, 0.1) is 15.5 Å². The summed E-state index contributed by atoms with van der Waals surface area (Å²) in [6.45, 7) is 2.88. The van der Waals surface area contributed by atoms with Gasteiger partial charge in [-0.3, -0.25) is 4.79 Å². The number of aryl methyl sites for hydroxylation is 1. The number of carbonyl (C=O) groups is 1. The number of amides is 1. The minimum atomic E-state index is -3.61. The average Bonchev–Trinajstić information content (AvgIpc) is 3.13. The Labute approximate surface area is 166 Å². The largest absolute Gasteiger partial charge is 0.322 e. The molecule has 0 aliphatic carbocycles. The van der Waals surface area contributed by atoms with Crippen molar-refractivity contribution in [2.24, 2.45) is 0 Å². The molecule has 5 nitrogen and oxygen atoms in total. The standard InChI is InChI=1S/C18H18BrClN2O3S/c1-12-10-13(19)4-7-17(12)21-18(23)15-11-14(5-6-16(15)20)26(24,25)22-8-2-3-9-22/h4-7,10-11H,2-3,8-9H2,1H3,(H,21,23). The van der Waals surface area contributed by atoms with E-state index in [2.05, 4.69) is 21.2 Å². The second-order valence-corrected chi connectivity index (χ2v) is 9.43. The summed E-state index contributed by atoms with van der Waals surface area (Å²) in [5, 5.41) is 3.00. The normalized spacial score (nSPS) is 15.2. The molecular formula is C18H18BrClN2O3S. The maximum absolute atomic E-state index is 12.7. The second kappa shape index (κ2) is 7.68. The third kappa shape index (κ3) is 3.96. The second-order valence-electron chi connectivity index (χ2n) is 6.17. The lowest BCUT2D eigenvalue weighted by atomic mass is 10.1. The highest BCUT2D eigenvalue weighted by atomic mass is 79.9. The summed E-state index contributed by atoms with van der Waals surface area (Å²) < 4.78 is 27.8. The summed E-state index contributed by atoms with van der Waals surface area (Å²) >= 11 is 9.53. The van der Waals surface area contributed by atoms with Gasteiger partial charge < -0.3 is 5.32 Å². The van der Waals surface area contributed by atoms with Crippen molar-refractivity contribution in [3.05, 3.63) is 57.0 Å². The fourth-order valence-corrected chi connectivity index (χ4v) is 5.10. The lowest BCUT2D eigenvalue weighted by molar-refractivity contribution is 0.102. The molecule has 1 aliphatic rings. The lowest BCUT2D eigenvalue weighted by Gasteiger charge is -2.16. The van der Waals surface area contributed by atoms with Gasteiger partial charge in [-0.05, 0) is 61.7 Å². The summed E-state index contributed by atoms with van der Waals surface area (Å²) in [6, 6.07) is 9.71. The van der Waals surface area contributed by atoms with Gasteiger partial charge in [0.2, 0.25) is 10.0 Å². The molecule has 1 heterocycles. The molecule has 2 aromatic carbocycles. The first-order valence-electron chi connectivity index (χ1n) is 8.16. The van der Waals surface area contributed by atoms with E-state index in [0.29, 0.717) is 18.8 Å². The molecule has 0 radical (unpaired) electrons. The Morgan fingerprint density at radius 2 is 1.85 bits per heavy atom. The number of halogens is 2. The van der Waals surface area contributed by atoms with E-state index < -0.39 is 15.9 Å². The molecular weight excluding hydrogens is 440 g/mol. The smallest absolute Gasteiger partial charge is 0.257 e. The Morgan fingerprint density at radius 3 is 2.50 bits per heavy atom. The third-order valence-electron chi connectivity index (χ3n) is 4.32. The van der Waals surface area contributed by atoms with Gasteiger partial charge in [-0.25, -0.2) is 8.42 Å². The Hall–Kier alpha value is -1.41. The molecule has 1 aliphatic heterocycles. The zero-order valence-electron chi connectivity index (χ0n) is 14.1. The number of nitrogens with zero attached hydrogens (tertiary/aromatic N) is 1. The van der Waals surface area contributed by atoms with Crippen LogP contribution >= 0.6 is 27.5 Å². The quantitative estimate of drug-likeness (QED) is 0.738. The number of rotatable bonds is 4. The fraction of sp³-hybridized carbons (Fsp3) is 0.278. The molecule has 138 valence electrons. The highest BCUT2D eigenvalue weighted by Crippen LogP contribution is 2.27. The average molecular weight is 458 g/mol. The fourth-order valence-electron chi connectivity index (χ4n) is 2.87.